The third kappa shape index (κ3) is 4.21. The smallest absolute Gasteiger partial charge is 0.410 e. The zero-order valence-corrected chi connectivity index (χ0v) is 12.6. The summed E-state index contributed by atoms with van der Waals surface area (Å²) in [6.45, 7) is 1.12. The average molecular weight is 307 g/mol. The molecule has 1 aromatic rings. The number of benzene rings is 1. The number of carboxylic acid groups (broad SMARTS) is 1. The highest BCUT2D eigenvalue weighted by Gasteiger charge is 2.36. The molecule has 6 heteroatoms. The third-order valence-electron chi connectivity index (χ3n) is 3.81. The van der Waals surface area contributed by atoms with Crippen molar-refractivity contribution < 1.29 is 24.2 Å². The van der Waals surface area contributed by atoms with Gasteiger partial charge in [-0.2, -0.15) is 0 Å². The summed E-state index contributed by atoms with van der Waals surface area (Å²) in [6, 6.07) is 8.34. The van der Waals surface area contributed by atoms with E-state index < -0.39 is 18.1 Å². The summed E-state index contributed by atoms with van der Waals surface area (Å²) in [5, 5.41) is 9.43. The van der Waals surface area contributed by atoms with Crippen molar-refractivity contribution in [1.29, 1.82) is 0 Å². The molecule has 0 aliphatic carbocycles. The molecule has 120 valence electrons. The molecule has 1 fully saturated rings. The minimum atomic E-state index is -1.03. The fraction of sp³-hybridized carbons (Fsp3) is 0.500. The van der Waals surface area contributed by atoms with E-state index in [1.54, 1.807) is 0 Å². The van der Waals surface area contributed by atoms with Gasteiger partial charge in [-0.05, 0) is 18.4 Å². The maximum absolute atomic E-state index is 12.1. The van der Waals surface area contributed by atoms with Gasteiger partial charge < -0.3 is 14.6 Å². The van der Waals surface area contributed by atoms with E-state index in [2.05, 4.69) is 0 Å². The SMILES string of the molecule is CN(C(=O)OCc1ccccc1)C(C(=O)O)C1CCCOC1. The molecule has 1 N–H and O–H groups in total. The fourth-order valence-corrected chi connectivity index (χ4v) is 2.63. The van der Waals surface area contributed by atoms with E-state index in [1.807, 2.05) is 30.3 Å². The predicted molar refractivity (Wildman–Crippen MR) is 79.4 cm³/mol. The van der Waals surface area contributed by atoms with Gasteiger partial charge in [0.1, 0.15) is 12.6 Å². The van der Waals surface area contributed by atoms with Gasteiger partial charge in [0.15, 0.2) is 0 Å². The first-order valence-electron chi connectivity index (χ1n) is 7.33. The van der Waals surface area contributed by atoms with Gasteiger partial charge in [-0.25, -0.2) is 9.59 Å². The molecule has 0 bridgehead atoms. The van der Waals surface area contributed by atoms with E-state index in [-0.39, 0.29) is 12.5 Å². The lowest BCUT2D eigenvalue weighted by Crippen LogP contribution is -2.49. The molecule has 1 amide bonds. The molecular weight excluding hydrogens is 286 g/mol. The van der Waals surface area contributed by atoms with Gasteiger partial charge in [0.2, 0.25) is 0 Å². The van der Waals surface area contributed by atoms with Gasteiger partial charge in [-0.1, -0.05) is 30.3 Å². The standard InChI is InChI=1S/C16H21NO5/c1-17(14(15(18)19)13-8-5-9-21-11-13)16(20)22-10-12-6-3-2-4-7-12/h2-4,6-7,13-14H,5,8-11H2,1H3,(H,18,19). The number of hydrogen-bond acceptors (Lipinski definition) is 4. The van der Waals surface area contributed by atoms with Crippen LogP contribution in [0, 0.1) is 5.92 Å². The van der Waals surface area contributed by atoms with E-state index in [4.69, 9.17) is 9.47 Å². The Kier molecular flexibility index (Phi) is 5.77. The number of hydrogen-bond donors (Lipinski definition) is 1. The van der Waals surface area contributed by atoms with Crippen molar-refractivity contribution in [1.82, 2.24) is 4.90 Å². The van der Waals surface area contributed by atoms with Crippen molar-refractivity contribution in [3.05, 3.63) is 35.9 Å². The molecule has 1 aliphatic heterocycles. The molecule has 1 saturated heterocycles. The number of amides is 1. The van der Waals surface area contributed by atoms with Crippen LogP contribution in [0.1, 0.15) is 18.4 Å². The molecule has 0 saturated carbocycles. The summed E-state index contributed by atoms with van der Waals surface area (Å²) in [7, 11) is 1.46. The summed E-state index contributed by atoms with van der Waals surface area (Å²) in [5.74, 6) is -1.24. The van der Waals surface area contributed by atoms with Crippen molar-refractivity contribution >= 4 is 12.1 Å². The van der Waals surface area contributed by atoms with Crippen LogP contribution in [-0.2, 0) is 20.9 Å². The van der Waals surface area contributed by atoms with E-state index in [0.717, 1.165) is 23.3 Å². The minimum Gasteiger partial charge on any atom is -0.480 e. The van der Waals surface area contributed by atoms with Gasteiger partial charge in [0.25, 0.3) is 0 Å². The zero-order valence-electron chi connectivity index (χ0n) is 12.6. The van der Waals surface area contributed by atoms with Crippen molar-refractivity contribution in [2.45, 2.75) is 25.5 Å². The van der Waals surface area contributed by atoms with Gasteiger partial charge in [-0.15, -0.1) is 0 Å². The molecule has 0 aromatic heterocycles. The Balaban J connectivity index is 1.95. The van der Waals surface area contributed by atoms with Crippen molar-refractivity contribution in [3.8, 4) is 0 Å². The number of carbonyl (C=O) groups is 2. The lowest BCUT2D eigenvalue weighted by molar-refractivity contribution is -0.146. The van der Waals surface area contributed by atoms with Gasteiger partial charge in [-0.3, -0.25) is 4.90 Å². The number of ether oxygens (including phenoxy) is 2. The molecule has 2 unspecified atom stereocenters. The second-order valence-corrected chi connectivity index (χ2v) is 5.41. The van der Waals surface area contributed by atoms with Crippen LogP contribution < -0.4 is 0 Å². The number of likely N-dealkylation sites (N-methyl/N-ethyl adjacent to an activating group) is 1. The number of aliphatic carboxylic acids is 1. The van der Waals surface area contributed by atoms with Crippen LogP contribution in [0.4, 0.5) is 4.79 Å². The highest BCUT2D eigenvalue weighted by atomic mass is 16.6. The summed E-state index contributed by atoms with van der Waals surface area (Å²) in [5.41, 5.74) is 0.858. The van der Waals surface area contributed by atoms with E-state index >= 15 is 0 Å². The number of carboxylic acids is 1. The monoisotopic (exact) mass is 307 g/mol. The minimum absolute atomic E-state index is 0.123. The van der Waals surface area contributed by atoms with Crippen LogP contribution in [0.2, 0.25) is 0 Å². The van der Waals surface area contributed by atoms with Crippen LogP contribution in [-0.4, -0.2) is 48.4 Å². The summed E-state index contributed by atoms with van der Waals surface area (Å²) in [6.07, 6.45) is 0.899. The Labute approximate surface area is 129 Å². The molecule has 0 radical (unpaired) electrons. The van der Waals surface area contributed by atoms with E-state index in [9.17, 15) is 14.7 Å². The highest BCUT2D eigenvalue weighted by Crippen LogP contribution is 2.22. The third-order valence-corrected chi connectivity index (χ3v) is 3.81. The molecule has 22 heavy (non-hydrogen) atoms. The summed E-state index contributed by atoms with van der Waals surface area (Å²) < 4.78 is 10.5. The largest absolute Gasteiger partial charge is 0.480 e. The number of rotatable bonds is 5. The molecule has 1 heterocycles. The Morgan fingerprint density at radius 2 is 2.14 bits per heavy atom. The second kappa shape index (κ2) is 7.79. The molecule has 1 aliphatic rings. The topological polar surface area (TPSA) is 76.1 Å². The van der Waals surface area contributed by atoms with Crippen LogP contribution >= 0.6 is 0 Å². The first kappa shape index (κ1) is 16.3. The highest BCUT2D eigenvalue weighted by molar-refractivity contribution is 5.80. The Bertz CT molecular complexity index is 499. The van der Waals surface area contributed by atoms with E-state index in [1.165, 1.54) is 7.05 Å². The molecule has 0 spiro atoms. The number of carbonyl (C=O) groups excluding carboxylic acids is 1. The van der Waals surface area contributed by atoms with Crippen LogP contribution in [0.3, 0.4) is 0 Å². The van der Waals surface area contributed by atoms with Crippen molar-refractivity contribution in [3.63, 3.8) is 0 Å². The van der Waals surface area contributed by atoms with Gasteiger partial charge >= 0.3 is 12.1 Å². The summed E-state index contributed by atoms with van der Waals surface area (Å²) in [4.78, 5) is 24.8. The average Bonchev–Trinajstić information content (AvgIpc) is 2.54. The maximum atomic E-state index is 12.1. The Hall–Kier alpha value is -2.08. The fourth-order valence-electron chi connectivity index (χ4n) is 2.63. The van der Waals surface area contributed by atoms with Crippen LogP contribution in [0.25, 0.3) is 0 Å². The van der Waals surface area contributed by atoms with Gasteiger partial charge in [0, 0.05) is 19.6 Å². The van der Waals surface area contributed by atoms with Crippen LogP contribution in [0.5, 0.6) is 0 Å². The Morgan fingerprint density at radius 1 is 1.41 bits per heavy atom. The van der Waals surface area contributed by atoms with Gasteiger partial charge in [0.05, 0.1) is 6.61 Å². The van der Waals surface area contributed by atoms with Crippen molar-refractivity contribution in [2.24, 2.45) is 5.92 Å². The molecular formula is C16H21NO5. The van der Waals surface area contributed by atoms with Crippen LogP contribution in [0.15, 0.2) is 30.3 Å². The van der Waals surface area contributed by atoms with E-state index in [0.29, 0.717) is 13.2 Å². The molecule has 6 nitrogen and oxygen atoms in total. The zero-order chi connectivity index (χ0) is 15.9. The lowest BCUT2D eigenvalue weighted by Gasteiger charge is -2.33. The maximum Gasteiger partial charge on any atom is 0.410 e. The molecule has 2 rings (SSSR count). The quantitative estimate of drug-likeness (QED) is 0.902. The predicted octanol–water partition coefficient (Wildman–Crippen LogP) is 2.13. The van der Waals surface area contributed by atoms with Crippen molar-refractivity contribution in [2.75, 3.05) is 20.3 Å². The summed E-state index contributed by atoms with van der Waals surface area (Å²) >= 11 is 0. The second-order valence-electron chi connectivity index (χ2n) is 5.41. The number of nitrogens with zero attached hydrogens (tertiary/aromatic N) is 1. The first-order chi connectivity index (χ1) is 10.6. The molecule has 2 atom stereocenters. The first-order valence-corrected chi connectivity index (χ1v) is 7.33. The lowest BCUT2D eigenvalue weighted by atomic mass is 9.93. The molecule has 1 aromatic carbocycles. The normalized spacial score (nSPS) is 19.2. The Morgan fingerprint density at radius 3 is 2.73 bits per heavy atom.